The van der Waals surface area contributed by atoms with Gasteiger partial charge in [-0.3, -0.25) is 0 Å². The summed E-state index contributed by atoms with van der Waals surface area (Å²) < 4.78 is 19.2. The van der Waals surface area contributed by atoms with Crippen molar-refractivity contribution in [2.45, 2.75) is 37.5 Å². The summed E-state index contributed by atoms with van der Waals surface area (Å²) in [5.74, 6) is 3.74. The van der Waals surface area contributed by atoms with Crippen LogP contribution in [-0.2, 0) is 13.2 Å². The second-order valence-corrected chi connectivity index (χ2v) is 15.7. The van der Waals surface area contributed by atoms with Crippen molar-refractivity contribution in [2.24, 2.45) is 0 Å². The summed E-state index contributed by atoms with van der Waals surface area (Å²) >= 11 is 0. The first-order valence-corrected chi connectivity index (χ1v) is 17.6. The van der Waals surface area contributed by atoms with Gasteiger partial charge in [-0.05, 0) is 47.0 Å². The van der Waals surface area contributed by atoms with Crippen molar-refractivity contribution in [3.05, 3.63) is 53.6 Å². The van der Waals surface area contributed by atoms with Gasteiger partial charge < -0.3 is 19.3 Å². The predicted molar refractivity (Wildman–Crippen MR) is 234 cm³/mol. The Morgan fingerprint density at radius 3 is 1.52 bits per heavy atom. The highest BCUT2D eigenvalue weighted by Gasteiger charge is 2.51. The van der Waals surface area contributed by atoms with Crippen molar-refractivity contribution in [1.29, 1.82) is 0 Å². The van der Waals surface area contributed by atoms with Gasteiger partial charge in [0.25, 0.3) is 0 Å². The molecule has 2 aliphatic rings. The monoisotopic (exact) mass is 566 g/mol. The van der Waals surface area contributed by atoms with Crippen molar-refractivity contribution < 1.29 is 19.3 Å². The van der Waals surface area contributed by atoms with Gasteiger partial charge in [0.15, 0.2) is 0 Å². The smallest absolute Gasteiger partial charge is 0.123 e. The lowest BCUT2D eigenvalue weighted by atomic mass is 8.57. The normalized spacial score (nSPS) is 16.4. The molecule has 2 saturated heterocycles. The van der Waals surface area contributed by atoms with Crippen molar-refractivity contribution in [3.63, 3.8) is 0 Å². The van der Waals surface area contributed by atoms with Crippen LogP contribution in [0.5, 0.6) is 17.2 Å². The summed E-state index contributed by atoms with van der Waals surface area (Å²) in [6.07, 6.45) is 8.26. The Labute approximate surface area is 281 Å². The summed E-state index contributed by atoms with van der Waals surface area (Å²) in [5.41, 5.74) is 1.88. The van der Waals surface area contributed by atoms with E-state index in [-0.39, 0.29) is 6.61 Å². The van der Waals surface area contributed by atoms with E-state index in [1.807, 2.05) is 24.3 Å². The predicted octanol–water partition coefficient (Wildman–Crippen LogP) is -8.84. The maximum Gasteiger partial charge on any atom is 0.123 e. The summed E-state index contributed by atoms with van der Waals surface area (Å²) in [6.45, 7) is 3.45. The number of aliphatic hydroxyl groups is 1. The lowest BCUT2D eigenvalue weighted by molar-refractivity contribution is 0.277. The molecule has 4 nitrogen and oxygen atoms in total. The number of ether oxygens (including phenoxy) is 3. The molecule has 206 valence electrons. The molecule has 2 aliphatic heterocycles. The van der Waals surface area contributed by atoms with Crippen LogP contribution in [0.4, 0.5) is 0 Å². The topological polar surface area (TPSA) is 47.9 Å². The van der Waals surface area contributed by atoms with E-state index in [0.29, 0.717) is 43.8 Å². The van der Waals surface area contributed by atoms with Crippen molar-refractivity contribution in [2.75, 3.05) is 13.2 Å². The molecule has 1 N–H and O–H groups in total. The van der Waals surface area contributed by atoms with Crippen molar-refractivity contribution in [1.82, 2.24) is 0 Å². The van der Waals surface area contributed by atoms with Crippen LogP contribution in [0.2, 0.25) is 24.3 Å². The zero-order valence-electron chi connectivity index (χ0n) is 29.4. The van der Waals surface area contributed by atoms with E-state index in [1.54, 1.807) is 0 Å². The molecule has 2 fully saturated rings. The number of benzene rings is 2. The fourth-order valence-corrected chi connectivity index (χ4v) is 7.93. The Morgan fingerprint density at radius 1 is 0.614 bits per heavy atom. The van der Waals surface area contributed by atoms with E-state index in [0.717, 1.165) is 80.3 Å². The highest BCUT2D eigenvalue weighted by atomic mass is 16.5. The molecule has 2 aromatic rings. The molecule has 0 aliphatic carbocycles. The van der Waals surface area contributed by atoms with E-state index in [4.69, 9.17) is 14.2 Å². The maximum atomic E-state index is 9.53. The zero-order chi connectivity index (χ0) is 32.1. The third kappa shape index (κ3) is 9.80. The fraction of sp³-hybridized carbons (Fsp3) is 0.400. The minimum absolute atomic E-state index is 0.00403. The summed E-state index contributed by atoms with van der Waals surface area (Å²) in [6, 6.07) is 13.9. The molecular formula is C20H42B20O4. The van der Waals surface area contributed by atoms with Gasteiger partial charge in [-0.15, -0.1) is 0 Å². The van der Waals surface area contributed by atoms with Crippen molar-refractivity contribution >= 4 is 142 Å². The molecule has 0 radical (unpaired) electrons. The van der Waals surface area contributed by atoms with Crippen LogP contribution >= 0.6 is 0 Å². The molecule has 2 atom stereocenters. The second-order valence-electron chi connectivity index (χ2n) is 15.7. The highest BCUT2D eigenvalue weighted by molar-refractivity contribution is 8.01. The first kappa shape index (κ1) is 35.9. The SMILES string of the molecule is BB(B)B(B)B(B(B)B)B1CC1COc1cc(COc2cccc(CO)c2)cc(OCC2CB2B(B(B)B)B(B)B(B)B)c1. The first-order valence-electron chi connectivity index (χ1n) is 17.6. The lowest BCUT2D eigenvalue weighted by Gasteiger charge is -2.24. The summed E-state index contributed by atoms with van der Waals surface area (Å²) in [7, 11) is 23.9. The minimum Gasteiger partial charge on any atom is -0.494 e. The molecule has 0 saturated carbocycles. The quantitative estimate of drug-likeness (QED) is 0.184. The van der Waals surface area contributed by atoms with Gasteiger partial charge in [-0.2, -0.15) is 0 Å². The molecular weight excluding hydrogens is 520 g/mol. The first-order chi connectivity index (χ1) is 20.9. The van der Waals surface area contributed by atoms with Gasteiger partial charge in [-0.25, -0.2) is 0 Å². The largest absolute Gasteiger partial charge is 0.494 e. The Bertz CT molecular complexity index is 1150. The second kappa shape index (κ2) is 16.3. The molecule has 0 amide bonds. The van der Waals surface area contributed by atoms with Gasteiger partial charge in [0.05, 0.1) is 110 Å². The molecule has 44 heavy (non-hydrogen) atoms. The molecule has 0 bridgehead atoms. The molecule has 2 aromatic carbocycles. The van der Waals surface area contributed by atoms with E-state index < -0.39 is 0 Å². The number of rotatable bonds is 18. The Hall–Kier alpha value is -0.901. The number of hydrogen-bond donors (Lipinski definition) is 1. The van der Waals surface area contributed by atoms with E-state index in [9.17, 15) is 5.11 Å². The fourth-order valence-electron chi connectivity index (χ4n) is 7.93. The van der Waals surface area contributed by atoms with Crippen molar-refractivity contribution in [3.8, 4) is 17.2 Å². The number of hydrogen-bond acceptors (Lipinski definition) is 4. The standard InChI is InChI=1S/C20H42B20O4/c21-33(22)37(29)39(35(25)26)31-8-16(31)12-43-19-5-15(11-42-18-3-1-2-14(4-18)10-41)6-20(7-19)44-13-17-9-32(17)40(36(27)28)38(30)34(23)24/h1-7,16-17,41H,8-13,21-30H2. The Morgan fingerprint density at radius 2 is 1.09 bits per heavy atom. The van der Waals surface area contributed by atoms with Crippen LogP contribution in [0.25, 0.3) is 0 Å². The Balaban J connectivity index is 1.42. The summed E-state index contributed by atoms with van der Waals surface area (Å²) in [4.78, 5) is 0. The van der Waals surface area contributed by atoms with E-state index >= 15 is 0 Å². The maximum absolute atomic E-state index is 9.53. The minimum atomic E-state index is 0.00403. The molecule has 4 rings (SSSR count). The average Bonchev–Trinajstić information content (AvgIpc) is 3.91. The van der Waals surface area contributed by atoms with Gasteiger partial charge >= 0.3 is 0 Å². The van der Waals surface area contributed by atoms with E-state index in [2.05, 4.69) is 95.6 Å². The van der Waals surface area contributed by atoms with Crippen LogP contribution in [0, 0.1) is 0 Å². The van der Waals surface area contributed by atoms with Gasteiger partial charge in [-0.1, -0.05) is 24.8 Å². The average molecular weight is 563 g/mol. The molecule has 24 heteroatoms. The Kier molecular flexibility index (Phi) is 13.3. The van der Waals surface area contributed by atoms with E-state index in [1.165, 1.54) is 12.6 Å². The molecule has 2 unspecified atom stereocenters. The lowest BCUT2D eigenvalue weighted by Crippen LogP contribution is -2.63. The van der Waals surface area contributed by atoms with Crippen LogP contribution < -0.4 is 14.2 Å². The van der Waals surface area contributed by atoms with Crippen LogP contribution in [0.15, 0.2) is 42.5 Å². The van der Waals surface area contributed by atoms with Gasteiger partial charge in [0.1, 0.15) is 23.9 Å². The van der Waals surface area contributed by atoms with Crippen LogP contribution in [-0.4, -0.2) is 160 Å². The molecule has 2 heterocycles. The van der Waals surface area contributed by atoms with Crippen LogP contribution in [0.3, 0.4) is 0 Å². The van der Waals surface area contributed by atoms with Gasteiger partial charge in [0, 0.05) is 57.1 Å². The number of aliphatic hydroxyl groups excluding tert-OH is 1. The molecule has 0 aromatic heterocycles. The molecule has 0 spiro atoms. The van der Waals surface area contributed by atoms with Gasteiger partial charge in [0.2, 0.25) is 0 Å². The third-order valence-electron chi connectivity index (χ3n) is 11.2. The third-order valence-corrected chi connectivity index (χ3v) is 11.2. The summed E-state index contributed by atoms with van der Waals surface area (Å²) in [5, 5.41) is 9.53. The zero-order valence-corrected chi connectivity index (χ0v) is 29.4. The van der Waals surface area contributed by atoms with Crippen LogP contribution in [0.1, 0.15) is 11.1 Å². The highest BCUT2D eigenvalue weighted by Crippen LogP contribution is 2.41.